The topological polar surface area (TPSA) is 109 Å². The fourth-order valence-electron chi connectivity index (χ4n) is 4.28. The molecule has 4 heterocycles. The third-order valence-corrected chi connectivity index (χ3v) is 5.75. The number of ether oxygens (including phenoxy) is 2. The van der Waals surface area contributed by atoms with Crippen molar-refractivity contribution in [3.8, 4) is 17.5 Å². The molecule has 9 nitrogen and oxygen atoms in total. The molecule has 0 spiro atoms. The molecule has 1 fully saturated rings. The van der Waals surface area contributed by atoms with E-state index in [1.807, 2.05) is 32.9 Å². The maximum atomic E-state index is 13.3. The molecule has 2 amide bonds. The number of hydrogen-bond acceptors (Lipinski definition) is 7. The van der Waals surface area contributed by atoms with Gasteiger partial charge in [-0.05, 0) is 45.4 Å². The second-order valence-electron chi connectivity index (χ2n) is 9.31. The lowest BCUT2D eigenvalue weighted by atomic mass is 10.1. The summed E-state index contributed by atoms with van der Waals surface area (Å²) >= 11 is 0. The van der Waals surface area contributed by atoms with Crippen molar-refractivity contribution in [2.24, 2.45) is 0 Å². The molecule has 172 valence electrons. The minimum absolute atomic E-state index is 0.164. The zero-order chi connectivity index (χ0) is 23.8. The molecule has 2 aromatic heterocycles. The fraction of sp³-hybridized carbons (Fsp3) is 0.458. The first kappa shape index (κ1) is 22.7. The molecule has 1 saturated heterocycles. The molecule has 0 bridgehead atoms. The highest BCUT2D eigenvalue weighted by atomic mass is 16.6. The summed E-state index contributed by atoms with van der Waals surface area (Å²) < 4.78 is 10.9. The number of nitriles is 1. The Bertz CT molecular complexity index is 1120. The van der Waals surface area contributed by atoms with Gasteiger partial charge < -0.3 is 19.3 Å². The van der Waals surface area contributed by atoms with Crippen LogP contribution in [0.25, 0.3) is 11.4 Å². The zero-order valence-corrected chi connectivity index (χ0v) is 19.2. The van der Waals surface area contributed by atoms with E-state index < -0.39 is 11.7 Å². The van der Waals surface area contributed by atoms with Crippen molar-refractivity contribution in [1.82, 2.24) is 19.8 Å². The summed E-state index contributed by atoms with van der Waals surface area (Å²) in [6, 6.07) is 8.72. The van der Waals surface area contributed by atoms with Gasteiger partial charge in [0.1, 0.15) is 11.3 Å². The molecule has 0 aromatic carbocycles. The molecule has 9 heteroatoms. The molecule has 2 aliphatic heterocycles. The van der Waals surface area contributed by atoms with Gasteiger partial charge in [0.15, 0.2) is 0 Å². The lowest BCUT2D eigenvalue weighted by Crippen LogP contribution is -2.43. The zero-order valence-electron chi connectivity index (χ0n) is 19.2. The quantitative estimate of drug-likeness (QED) is 0.706. The van der Waals surface area contributed by atoms with Gasteiger partial charge in [0, 0.05) is 32.0 Å². The molecular formula is C24H27N5O4. The smallest absolute Gasteiger partial charge is 0.410 e. The van der Waals surface area contributed by atoms with Gasteiger partial charge in [-0.25, -0.2) is 9.78 Å². The third kappa shape index (κ3) is 4.66. The lowest BCUT2D eigenvalue weighted by Gasteiger charge is -2.28. The largest absolute Gasteiger partial charge is 0.444 e. The van der Waals surface area contributed by atoms with Crippen LogP contribution in [-0.2, 0) is 16.0 Å². The summed E-state index contributed by atoms with van der Waals surface area (Å²) in [6.07, 6.45) is 1.75. The van der Waals surface area contributed by atoms with Crippen LogP contribution in [-0.4, -0.2) is 69.7 Å². The molecule has 0 radical (unpaired) electrons. The minimum atomic E-state index is -0.607. The summed E-state index contributed by atoms with van der Waals surface area (Å²) in [7, 11) is 1.60. The highest BCUT2D eigenvalue weighted by molar-refractivity contribution is 5.97. The Balaban J connectivity index is 1.54. The Morgan fingerprint density at radius 1 is 1.27 bits per heavy atom. The van der Waals surface area contributed by atoms with Crippen LogP contribution < -0.4 is 0 Å². The summed E-state index contributed by atoms with van der Waals surface area (Å²) in [4.78, 5) is 38.3. The maximum Gasteiger partial charge on any atom is 0.410 e. The van der Waals surface area contributed by atoms with Gasteiger partial charge in [-0.1, -0.05) is 6.07 Å². The molecule has 4 rings (SSSR count). The van der Waals surface area contributed by atoms with E-state index >= 15 is 0 Å². The number of amides is 2. The third-order valence-electron chi connectivity index (χ3n) is 5.75. The first-order valence-electron chi connectivity index (χ1n) is 10.9. The van der Waals surface area contributed by atoms with Gasteiger partial charge in [-0.15, -0.1) is 0 Å². The van der Waals surface area contributed by atoms with Gasteiger partial charge in [0.2, 0.25) is 0 Å². The van der Waals surface area contributed by atoms with E-state index in [9.17, 15) is 9.59 Å². The first-order chi connectivity index (χ1) is 15.7. The van der Waals surface area contributed by atoms with E-state index in [0.717, 1.165) is 5.56 Å². The maximum absolute atomic E-state index is 13.3. The number of aromatic nitrogens is 2. The number of hydrogen-bond donors (Lipinski definition) is 0. The van der Waals surface area contributed by atoms with Gasteiger partial charge in [0.25, 0.3) is 5.91 Å². The number of rotatable bonds is 4. The SMILES string of the molecule is COC[C@@H]1C[C@@H](N2Cc3ccc(-c4cc(C#N)ccn4)nc3C2=O)CN1C(=O)OC(C)(C)C. The molecule has 2 atom stereocenters. The van der Waals surface area contributed by atoms with E-state index in [0.29, 0.717) is 48.8 Å². The van der Waals surface area contributed by atoms with Crippen LogP contribution in [0.1, 0.15) is 48.8 Å². The standard InChI is InChI=1S/C24H27N5O4/c1-24(2,3)33-23(31)29-13-17(10-18(29)14-32-4)28-12-16-5-6-19(27-21(16)22(28)30)20-9-15(11-25)7-8-26-20/h5-9,17-18H,10,12-14H2,1-4H3/t17-,18+/m1/s1. The number of pyridine rings is 2. The van der Waals surface area contributed by atoms with E-state index in [2.05, 4.69) is 16.0 Å². The number of carbonyl (C=O) groups excluding carboxylic acids is 2. The molecular weight excluding hydrogens is 422 g/mol. The Labute approximate surface area is 192 Å². The van der Waals surface area contributed by atoms with Crippen LogP contribution in [0.4, 0.5) is 4.79 Å². The van der Waals surface area contributed by atoms with E-state index in [1.165, 1.54) is 0 Å². The molecule has 2 aliphatic rings. The number of carbonyl (C=O) groups is 2. The summed E-state index contributed by atoms with van der Waals surface area (Å²) in [5, 5.41) is 9.14. The highest BCUT2D eigenvalue weighted by Gasteiger charge is 2.44. The average molecular weight is 450 g/mol. The molecule has 0 aliphatic carbocycles. The number of fused-ring (bicyclic) bond motifs is 1. The van der Waals surface area contributed by atoms with Crippen molar-refractivity contribution < 1.29 is 19.1 Å². The number of likely N-dealkylation sites (tertiary alicyclic amines) is 1. The number of methoxy groups -OCH3 is 1. The van der Waals surface area contributed by atoms with Gasteiger partial charge in [-0.2, -0.15) is 5.26 Å². The molecule has 0 N–H and O–H groups in total. The van der Waals surface area contributed by atoms with Crippen molar-refractivity contribution >= 4 is 12.0 Å². The molecule has 0 unspecified atom stereocenters. The van der Waals surface area contributed by atoms with Crippen molar-refractivity contribution in [1.29, 1.82) is 5.26 Å². The van der Waals surface area contributed by atoms with Crippen LogP contribution in [0.5, 0.6) is 0 Å². The monoisotopic (exact) mass is 449 g/mol. The van der Waals surface area contributed by atoms with Crippen LogP contribution >= 0.6 is 0 Å². The Hall–Kier alpha value is -3.51. The predicted octanol–water partition coefficient (Wildman–Crippen LogP) is 3.00. The summed E-state index contributed by atoms with van der Waals surface area (Å²) in [5.74, 6) is -0.171. The van der Waals surface area contributed by atoms with Gasteiger partial charge in [0.05, 0.1) is 41.7 Å². The van der Waals surface area contributed by atoms with Crippen LogP contribution in [0.3, 0.4) is 0 Å². The van der Waals surface area contributed by atoms with Crippen molar-refractivity contribution in [3.63, 3.8) is 0 Å². The predicted molar refractivity (Wildman–Crippen MR) is 119 cm³/mol. The van der Waals surface area contributed by atoms with E-state index in [4.69, 9.17) is 14.7 Å². The molecule has 2 aromatic rings. The summed E-state index contributed by atoms with van der Waals surface area (Å²) in [6.45, 7) is 6.66. The van der Waals surface area contributed by atoms with Crippen molar-refractivity contribution in [3.05, 3.63) is 47.3 Å². The Kier molecular flexibility index (Phi) is 6.04. The lowest BCUT2D eigenvalue weighted by molar-refractivity contribution is 0.0140. The Morgan fingerprint density at radius 3 is 2.76 bits per heavy atom. The van der Waals surface area contributed by atoms with E-state index in [-0.39, 0.29) is 18.0 Å². The first-order valence-corrected chi connectivity index (χ1v) is 10.9. The van der Waals surface area contributed by atoms with E-state index in [1.54, 1.807) is 35.2 Å². The molecule has 0 saturated carbocycles. The highest BCUT2D eigenvalue weighted by Crippen LogP contribution is 2.32. The summed E-state index contributed by atoms with van der Waals surface area (Å²) in [5.41, 5.74) is 2.17. The Morgan fingerprint density at radius 2 is 2.06 bits per heavy atom. The van der Waals surface area contributed by atoms with Crippen LogP contribution in [0, 0.1) is 11.3 Å². The normalized spacial score (nSPS) is 20.0. The van der Waals surface area contributed by atoms with Crippen LogP contribution in [0.2, 0.25) is 0 Å². The average Bonchev–Trinajstić information content (AvgIpc) is 3.34. The van der Waals surface area contributed by atoms with Crippen molar-refractivity contribution in [2.75, 3.05) is 20.3 Å². The fourth-order valence-corrected chi connectivity index (χ4v) is 4.28. The minimum Gasteiger partial charge on any atom is -0.444 e. The van der Waals surface area contributed by atoms with Gasteiger partial charge >= 0.3 is 6.09 Å². The second kappa shape index (κ2) is 8.79. The van der Waals surface area contributed by atoms with Crippen LogP contribution in [0.15, 0.2) is 30.5 Å². The molecule has 33 heavy (non-hydrogen) atoms. The van der Waals surface area contributed by atoms with Crippen molar-refractivity contribution in [2.45, 2.75) is 51.4 Å². The second-order valence-corrected chi connectivity index (χ2v) is 9.31. The number of nitrogens with zero attached hydrogens (tertiary/aromatic N) is 5. The van der Waals surface area contributed by atoms with Gasteiger partial charge in [-0.3, -0.25) is 9.78 Å².